The number of piperazine rings is 1. The molecule has 4 rings (SSSR count). The lowest BCUT2D eigenvalue weighted by atomic mass is 10.1. The van der Waals surface area contributed by atoms with Gasteiger partial charge in [0.1, 0.15) is 0 Å². The Kier molecular flexibility index (Phi) is 5.76. The van der Waals surface area contributed by atoms with Gasteiger partial charge in [-0.2, -0.15) is 4.98 Å². The number of methoxy groups -OCH3 is 2. The fourth-order valence-electron chi connectivity index (χ4n) is 3.39. The van der Waals surface area contributed by atoms with Crippen LogP contribution in [0.3, 0.4) is 0 Å². The first kappa shape index (κ1) is 20.0. The summed E-state index contributed by atoms with van der Waals surface area (Å²) in [6.07, 6.45) is 0. The summed E-state index contributed by atoms with van der Waals surface area (Å²) in [4.78, 5) is 21.2. The van der Waals surface area contributed by atoms with Crippen LogP contribution in [-0.4, -0.2) is 61.3 Å². The third-order valence-electron chi connectivity index (χ3n) is 4.99. The summed E-state index contributed by atoms with van der Waals surface area (Å²) < 4.78 is 16.1. The molecular formula is C21H21ClN4O4. The number of aromatic nitrogens is 2. The van der Waals surface area contributed by atoms with Gasteiger partial charge in [0, 0.05) is 36.8 Å². The zero-order valence-electron chi connectivity index (χ0n) is 16.7. The average Bonchev–Trinajstić information content (AvgIpc) is 3.29. The molecule has 1 aromatic heterocycles. The average molecular weight is 429 g/mol. The van der Waals surface area contributed by atoms with Gasteiger partial charge in [-0.3, -0.25) is 4.79 Å². The molecule has 0 bridgehead atoms. The number of hydrogen-bond donors (Lipinski definition) is 0. The minimum Gasteiger partial charge on any atom is -0.493 e. The van der Waals surface area contributed by atoms with Crippen LogP contribution in [0.1, 0.15) is 10.4 Å². The van der Waals surface area contributed by atoms with E-state index >= 15 is 0 Å². The number of ether oxygens (including phenoxy) is 2. The number of para-hydroxylation sites is 1. The molecule has 0 aliphatic carbocycles. The normalized spacial score (nSPS) is 14.0. The van der Waals surface area contributed by atoms with Gasteiger partial charge in [0.15, 0.2) is 11.5 Å². The number of rotatable bonds is 5. The highest BCUT2D eigenvalue weighted by molar-refractivity contribution is 6.30. The van der Waals surface area contributed by atoms with E-state index in [1.807, 2.05) is 17.0 Å². The smallest absolute Gasteiger partial charge is 0.324 e. The van der Waals surface area contributed by atoms with Crippen LogP contribution in [0.4, 0.5) is 6.01 Å². The third-order valence-corrected chi connectivity index (χ3v) is 5.24. The summed E-state index contributed by atoms with van der Waals surface area (Å²) in [6.45, 7) is 2.22. The molecular weight excluding hydrogens is 408 g/mol. The molecule has 0 N–H and O–H groups in total. The van der Waals surface area contributed by atoms with Crippen molar-refractivity contribution in [2.45, 2.75) is 0 Å². The number of amides is 1. The number of nitrogens with zero attached hydrogens (tertiary/aromatic N) is 4. The number of halogens is 1. The van der Waals surface area contributed by atoms with Crippen LogP contribution in [-0.2, 0) is 0 Å². The highest BCUT2D eigenvalue weighted by atomic mass is 35.5. The number of benzene rings is 2. The van der Waals surface area contributed by atoms with Gasteiger partial charge in [0.2, 0.25) is 5.82 Å². The highest BCUT2D eigenvalue weighted by Gasteiger charge is 2.27. The van der Waals surface area contributed by atoms with E-state index in [9.17, 15) is 4.79 Å². The van der Waals surface area contributed by atoms with Gasteiger partial charge in [0.05, 0.1) is 19.8 Å². The van der Waals surface area contributed by atoms with Crippen molar-refractivity contribution >= 4 is 23.5 Å². The van der Waals surface area contributed by atoms with Crippen molar-refractivity contribution < 1.29 is 18.8 Å². The Hall–Kier alpha value is -3.26. The standard InChI is InChI=1S/C21H21ClN4O4/c1-28-17-5-3-4-16(18(17)29-2)20(27)25-10-12-26(13-11-25)21-23-19(24-30-21)14-6-8-15(22)9-7-14/h3-9H,10-13H2,1-2H3. The Morgan fingerprint density at radius 3 is 2.43 bits per heavy atom. The lowest BCUT2D eigenvalue weighted by Gasteiger charge is -2.33. The maximum atomic E-state index is 13.0. The van der Waals surface area contributed by atoms with Crippen molar-refractivity contribution in [2.24, 2.45) is 0 Å². The Balaban J connectivity index is 1.43. The zero-order valence-corrected chi connectivity index (χ0v) is 17.4. The topological polar surface area (TPSA) is 80.9 Å². The Labute approximate surface area is 178 Å². The van der Waals surface area contributed by atoms with Gasteiger partial charge < -0.3 is 23.8 Å². The van der Waals surface area contributed by atoms with Gasteiger partial charge >= 0.3 is 6.01 Å². The van der Waals surface area contributed by atoms with Crippen LogP contribution >= 0.6 is 11.6 Å². The van der Waals surface area contributed by atoms with E-state index in [0.29, 0.717) is 60.1 Å². The minimum absolute atomic E-state index is 0.0993. The summed E-state index contributed by atoms with van der Waals surface area (Å²) >= 11 is 5.93. The maximum Gasteiger partial charge on any atom is 0.324 e. The van der Waals surface area contributed by atoms with Crippen LogP contribution in [0.2, 0.25) is 5.02 Å². The van der Waals surface area contributed by atoms with Crippen molar-refractivity contribution in [3.8, 4) is 22.9 Å². The van der Waals surface area contributed by atoms with Gasteiger partial charge in [-0.15, -0.1) is 0 Å². The van der Waals surface area contributed by atoms with Crippen molar-refractivity contribution in [1.82, 2.24) is 15.0 Å². The van der Waals surface area contributed by atoms with E-state index in [4.69, 9.17) is 25.6 Å². The van der Waals surface area contributed by atoms with Crippen LogP contribution in [0.15, 0.2) is 47.0 Å². The van der Waals surface area contributed by atoms with Crippen molar-refractivity contribution in [1.29, 1.82) is 0 Å². The lowest BCUT2D eigenvalue weighted by molar-refractivity contribution is 0.0740. The van der Waals surface area contributed by atoms with E-state index in [-0.39, 0.29) is 5.91 Å². The molecule has 1 fully saturated rings. The first-order valence-corrected chi connectivity index (χ1v) is 9.83. The maximum absolute atomic E-state index is 13.0. The molecule has 9 heteroatoms. The molecule has 0 spiro atoms. The van der Waals surface area contributed by atoms with Crippen molar-refractivity contribution in [3.63, 3.8) is 0 Å². The Morgan fingerprint density at radius 1 is 1.03 bits per heavy atom. The second-order valence-electron chi connectivity index (χ2n) is 6.73. The predicted molar refractivity (Wildman–Crippen MR) is 112 cm³/mol. The predicted octanol–water partition coefficient (Wildman–Crippen LogP) is 3.37. The van der Waals surface area contributed by atoms with Crippen molar-refractivity contribution in [2.75, 3.05) is 45.3 Å². The lowest BCUT2D eigenvalue weighted by Crippen LogP contribution is -2.49. The van der Waals surface area contributed by atoms with E-state index in [1.165, 1.54) is 7.11 Å². The molecule has 0 saturated carbocycles. The molecule has 0 atom stereocenters. The molecule has 156 valence electrons. The molecule has 0 unspecified atom stereocenters. The Bertz CT molecular complexity index is 1030. The number of anilines is 1. The van der Waals surface area contributed by atoms with Crippen LogP contribution < -0.4 is 14.4 Å². The molecule has 8 nitrogen and oxygen atoms in total. The quantitative estimate of drug-likeness (QED) is 0.616. The van der Waals surface area contributed by atoms with Gasteiger partial charge in [-0.25, -0.2) is 0 Å². The molecule has 2 heterocycles. The SMILES string of the molecule is COc1cccc(C(=O)N2CCN(c3nc(-c4ccc(Cl)cc4)no3)CC2)c1OC. The van der Waals surface area contributed by atoms with E-state index in [2.05, 4.69) is 10.1 Å². The summed E-state index contributed by atoms with van der Waals surface area (Å²) in [5.74, 6) is 1.37. The third kappa shape index (κ3) is 3.91. The van der Waals surface area contributed by atoms with Crippen LogP contribution in [0.5, 0.6) is 11.5 Å². The van der Waals surface area contributed by atoms with Gasteiger partial charge in [0.25, 0.3) is 5.91 Å². The van der Waals surface area contributed by atoms with E-state index < -0.39 is 0 Å². The Morgan fingerprint density at radius 2 is 1.77 bits per heavy atom. The van der Waals surface area contributed by atoms with E-state index in [0.717, 1.165) is 5.56 Å². The summed E-state index contributed by atoms with van der Waals surface area (Å²) in [6, 6.07) is 13.0. The van der Waals surface area contributed by atoms with E-state index in [1.54, 1.807) is 42.3 Å². The first-order chi connectivity index (χ1) is 14.6. The second-order valence-corrected chi connectivity index (χ2v) is 7.16. The minimum atomic E-state index is -0.0993. The summed E-state index contributed by atoms with van der Waals surface area (Å²) in [5, 5.41) is 4.70. The highest BCUT2D eigenvalue weighted by Crippen LogP contribution is 2.32. The summed E-state index contributed by atoms with van der Waals surface area (Å²) in [5.41, 5.74) is 1.31. The monoisotopic (exact) mass is 428 g/mol. The number of carbonyl (C=O) groups is 1. The van der Waals surface area contributed by atoms with Crippen molar-refractivity contribution in [3.05, 3.63) is 53.1 Å². The van der Waals surface area contributed by atoms with Gasteiger partial charge in [-0.1, -0.05) is 22.8 Å². The number of carbonyl (C=O) groups excluding carboxylic acids is 1. The molecule has 1 aliphatic heterocycles. The molecule has 1 aliphatic rings. The fraction of sp³-hybridized carbons (Fsp3) is 0.286. The summed E-state index contributed by atoms with van der Waals surface area (Å²) in [7, 11) is 3.08. The van der Waals surface area contributed by atoms with Crippen LogP contribution in [0.25, 0.3) is 11.4 Å². The van der Waals surface area contributed by atoms with Gasteiger partial charge in [-0.05, 0) is 36.4 Å². The van der Waals surface area contributed by atoms with Crippen LogP contribution in [0, 0.1) is 0 Å². The molecule has 2 aromatic carbocycles. The zero-order chi connectivity index (χ0) is 21.1. The number of hydrogen-bond acceptors (Lipinski definition) is 7. The fourth-order valence-corrected chi connectivity index (χ4v) is 3.51. The molecule has 1 saturated heterocycles. The largest absolute Gasteiger partial charge is 0.493 e. The molecule has 30 heavy (non-hydrogen) atoms. The second kappa shape index (κ2) is 8.62. The molecule has 1 amide bonds. The first-order valence-electron chi connectivity index (χ1n) is 9.45. The molecule has 3 aromatic rings. The molecule has 0 radical (unpaired) electrons.